The summed E-state index contributed by atoms with van der Waals surface area (Å²) in [6.07, 6.45) is -0.407. The first-order valence-electron chi connectivity index (χ1n) is 6.21. The van der Waals surface area contributed by atoms with Crippen molar-refractivity contribution in [3.63, 3.8) is 0 Å². The molecule has 0 spiro atoms. The molecule has 3 amide bonds. The van der Waals surface area contributed by atoms with Crippen LogP contribution in [-0.4, -0.2) is 54.2 Å². The Labute approximate surface area is 114 Å². The Balaban J connectivity index is 1.61. The van der Waals surface area contributed by atoms with E-state index in [1.165, 1.54) is 4.90 Å². The number of rotatable bonds is 4. The molecule has 3 rings (SSSR count). The fourth-order valence-electron chi connectivity index (χ4n) is 2.16. The molecule has 2 aliphatic heterocycles. The standard InChI is InChI=1S/C13H12N2O5/c16-11-9-3-1-2-4-10(9)12(17)15(11)20-8-6-14-5-7-19-13(14)18/h1-4H,5-8H2. The van der Waals surface area contributed by atoms with Gasteiger partial charge in [-0.1, -0.05) is 12.1 Å². The van der Waals surface area contributed by atoms with Gasteiger partial charge in [0.15, 0.2) is 0 Å². The van der Waals surface area contributed by atoms with Crippen molar-refractivity contribution >= 4 is 17.9 Å². The Morgan fingerprint density at radius 2 is 1.75 bits per heavy atom. The second kappa shape index (κ2) is 4.93. The van der Waals surface area contributed by atoms with Crippen molar-refractivity contribution in [2.24, 2.45) is 0 Å². The number of hydrogen-bond acceptors (Lipinski definition) is 5. The zero-order valence-corrected chi connectivity index (χ0v) is 10.6. The van der Waals surface area contributed by atoms with Crippen molar-refractivity contribution in [1.29, 1.82) is 0 Å². The van der Waals surface area contributed by atoms with Crippen molar-refractivity contribution in [2.45, 2.75) is 0 Å². The van der Waals surface area contributed by atoms with E-state index < -0.39 is 17.9 Å². The number of carbonyl (C=O) groups is 3. The molecular weight excluding hydrogens is 264 g/mol. The fraction of sp³-hybridized carbons (Fsp3) is 0.308. The normalized spacial score (nSPS) is 17.7. The first-order chi connectivity index (χ1) is 9.68. The topological polar surface area (TPSA) is 76.2 Å². The lowest BCUT2D eigenvalue weighted by atomic mass is 10.1. The average molecular weight is 276 g/mol. The third-order valence-corrected chi connectivity index (χ3v) is 3.18. The number of ether oxygens (including phenoxy) is 1. The first kappa shape index (κ1) is 12.6. The molecule has 0 aromatic heterocycles. The van der Waals surface area contributed by atoms with Gasteiger partial charge in [0.05, 0.1) is 30.8 Å². The summed E-state index contributed by atoms with van der Waals surface area (Å²) >= 11 is 0. The van der Waals surface area contributed by atoms with Crippen molar-refractivity contribution in [1.82, 2.24) is 9.96 Å². The van der Waals surface area contributed by atoms with E-state index in [9.17, 15) is 14.4 Å². The smallest absolute Gasteiger partial charge is 0.410 e. The Bertz CT molecular complexity index is 551. The highest BCUT2D eigenvalue weighted by molar-refractivity contribution is 6.20. The van der Waals surface area contributed by atoms with Gasteiger partial charge in [0.2, 0.25) is 0 Å². The number of hydrogen-bond donors (Lipinski definition) is 0. The maximum atomic E-state index is 12.0. The highest BCUT2D eigenvalue weighted by atomic mass is 16.7. The summed E-state index contributed by atoms with van der Waals surface area (Å²) in [5.41, 5.74) is 0.663. The molecular formula is C13H12N2O5. The molecule has 1 fully saturated rings. The van der Waals surface area contributed by atoms with E-state index in [0.29, 0.717) is 24.3 Å². The number of carbonyl (C=O) groups excluding carboxylic acids is 3. The third kappa shape index (κ3) is 2.01. The van der Waals surface area contributed by atoms with Crippen LogP contribution in [0.15, 0.2) is 24.3 Å². The molecule has 2 heterocycles. The van der Waals surface area contributed by atoms with Crippen LogP contribution in [0.5, 0.6) is 0 Å². The minimum atomic E-state index is -0.477. The lowest BCUT2D eigenvalue weighted by molar-refractivity contribution is -0.0933. The van der Waals surface area contributed by atoms with E-state index in [4.69, 9.17) is 9.57 Å². The van der Waals surface area contributed by atoms with Crippen LogP contribution in [0.3, 0.4) is 0 Å². The van der Waals surface area contributed by atoms with Crippen molar-refractivity contribution in [2.75, 3.05) is 26.3 Å². The molecule has 0 atom stereocenters. The van der Waals surface area contributed by atoms with Crippen LogP contribution >= 0.6 is 0 Å². The first-order valence-corrected chi connectivity index (χ1v) is 6.21. The molecule has 7 nitrogen and oxygen atoms in total. The van der Waals surface area contributed by atoms with Crippen LogP contribution < -0.4 is 0 Å². The van der Waals surface area contributed by atoms with Gasteiger partial charge in [-0.25, -0.2) is 4.79 Å². The molecule has 0 N–H and O–H groups in total. The van der Waals surface area contributed by atoms with Crippen LogP contribution in [0, 0.1) is 0 Å². The number of benzene rings is 1. The van der Waals surface area contributed by atoms with Gasteiger partial charge < -0.3 is 9.64 Å². The van der Waals surface area contributed by atoms with Gasteiger partial charge in [0.25, 0.3) is 11.8 Å². The number of fused-ring (bicyclic) bond motifs is 1. The van der Waals surface area contributed by atoms with Crippen molar-refractivity contribution < 1.29 is 24.0 Å². The van der Waals surface area contributed by atoms with E-state index in [2.05, 4.69) is 0 Å². The van der Waals surface area contributed by atoms with Crippen LogP contribution in [0.4, 0.5) is 4.79 Å². The molecule has 1 saturated heterocycles. The molecule has 1 aromatic rings. The Morgan fingerprint density at radius 3 is 2.30 bits per heavy atom. The molecule has 0 radical (unpaired) electrons. The minimum Gasteiger partial charge on any atom is -0.448 e. The van der Waals surface area contributed by atoms with Gasteiger partial charge >= 0.3 is 6.09 Å². The molecule has 2 aliphatic rings. The van der Waals surface area contributed by atoms with Crippen LogP contribution in [-0.2, 0) is 9.57 Å². The molecule has 7 heteroatoms. The highest BCUT2D eigenvalue weighted by Gasteiger charge is 2.36. The summed E-state index contributed by atoms with van der Waals surface area (Å²) in [5, 5.41) is 0.742. The SMILES string of the molecule is O=C1OCCN1CCON1C(=O)c2ccccc2C1=O. The number of cyclic esters (lactones) is 1. The predicted molar refractivity (Wildman–Crippen MR) is 65.8 cm³/mol. The predicted octanol–water partition coefficient (Wildman–Crippen LogP) is 0.666. The second-order valence-corrected chi connectivity index (χ2v) is 4.38. The molecule has 1 aromatic carbocycles. The van der Waals surface area contributed by atoms with Crippen molar-refractivity contribution in [3.05, 3.63) is 35.4 Å². The monoisotopic (exact) mass is 276 g/mol. The Kier molecular flexibility index (Phi) is 3.11. The summed E-state index contributed by atoms with van der Waals surface area (Å²) < 4.78 is 4.76. The van der Waals surface area contributed by atoms with Gasteiger partial charge in [-0.15, -0.1) is 5.06 Å². The lowest BCUT2D eigenvalue weighted by Crippen LogP contribution is -2.35. The maximum absolute atomic E-state index is 12.0. The quantitative estimate of drug-likeness (QED) is 0.755. The molecule has 20 heavy (non-hydrogen) atoms. The minimum absolute atomic E-state index is 0.0561. The van der Waals surface area contributed by atoms with Gasteiger partial charge in [-0.05, 0) is 12.1 Å². The number of imide groups is 1. The van der Waals surface area contributed by atoms with Crippen molar-refractivity contribution in [3.8, 4) is 0 Å². The van der Waals surface area contributed by atoms with E-state index in [-0.39, 0.29) is 13.2 Å². The molecule has 0 saturated carbocycles. The van der Waals surface area contributed by atoms with Crippen LogP contribution in [0.1, 0.15) is 20.7 Å². The second-order valence-electron chi connectivity index (χ2n) is 4.38. The number of amides is 3. The highest BCUT2D eigenvalue weighted by Crippen LogP contribution is 2.22. The van der Waals surface area contributed by atoms with Crippen LogP contribution in [0.25, 0.3) is 0 Å². The zero-order valence-electron chi connectivity index (χ0n) is 10.6. The molecule has 104 valence electrons. The number of nitrogens with zero attached hydrogens (tertiary/aromatic N) is 2. The molecule has 0 bridgehead atoms. The van der Waals surface area contributed by atoms with Gasteiger partial charge in [-0.2, -0.15) is 0 Å². The van der Waals surface area contributed by atoms with E-state index in [0.717, 1.165) is 5.06 Å². The lowest BCUT2D eigenvalue weighted by Gasteiger charge is -2.16. The molecule has 0 unspecified atom stereocenters. The van der Waals surface area contributed by atoms with Crippen LogP contribution in [0.2, 0.25) is 0 Å². The van der Waals surface area contributed by atoms with E-state index in [1.54, 1.807) is 24.3 Å². The van der Waals surface area contributed by atoms with Gasteiger partial charge in [0, 0.05) is 0 Å². The van der Waals surface area contributed by atoms with Gasteiger partial charge in [0.1, 0.15) is 6.61 Å². The maximum Gasteiger partial charge on any atom is 0.410 e. The Morgan fingerprint density at radius 1 is 1.10 bits per heavy atom. The summed E-state index contributed by atoms with van der Waals surface area (Å²) in [6, 6.07) is 6.54. The average Bonchev–Trinajstić information content (AvgIpc) is 2.97. The Hall–Kier alpha value is -2.41. The summed E-state index contributed by atoms with van der Waals surface area (Å²) in [6.45, 7) is 1.17. The molecule has 0 aliphatic carbocycles. The summed E-state index contributed by atoms with van der Waals surface area (Å²) in [4.78, 5) is 41.8. The largest absolute Gasteiger partial charge is 0.448 e. The third-order valence-electron chi connectivity index (χ3n) is 3.18. The fourth-order valence-corrected chi connectivity index (χ4v) is 2.16. The zero-order chi connectivity index (χ0) is 14.1. The van der Waals surface area contributed by atoms with Gasteiger partial charge in [-0.3, -0.25) is 14.4 Å². The summed E-state index contributed by atoms with van der Waals surface area (Å²) in [5.74, 6) is -0.954. The van der Waals surface area contributed by atoms with E-state index >= 15 is 0 Å². The van der Waals surface area contributed by atoms with E-state index in [1.807, 2.05) is 0 Å². The number of hydroxylamine groups is 2. The summed E-state index contributed by atoms with van der Waals surface area (Å²) in [7, 11) is 0.